The Morgan fingerprint density at radius 1 is 1.67 bits per heavy atom. The van der Waals surface area contributed by atoms with E-state index >= 15 is 0 Å². The Morgan fingerprint density at radius 3 is 2.83 bits per heavy atom. The molecule has 12 heavy (non-hydrogen) atoms. The highest BCUT2D eigenvalue weighted by atomic mass is 19.1. The van der Waals surface area contributed by atoms with Crippen molar-refractivity contribution < 1.29 is 9.18 Å². The van der Waals surface area contributed by atoms with Crippen molar-refractivity contribution in [3.05, 3.63) is 29.1 Å². The quantitative estimate of drug-likeness (QED) is 0.715. The van der Waals surface area contributed by atoms with E-state index in [0.29, 0.717) is 11.3 Å². The fourth-order valence-electron chi connectivity index (χ4n) is 0.948. The van der Waals surface area contributed by atoms with Gasteiger partial charge >= 0.3 is 0 Å². The van der Waals surface area contributed by atoms with Gasteiger partial charge in [-0.1, -0.05) is 0 Å². The van der Waals surface area contributed by atoms with Gasteiger partial charge in [0.15, 0.2) is 0 Å². The predicted octanol–water partition coefficient (Wildman–Crippen LogP) is 0.958. The normalized spacial score (nSPS) is 9.83. The highest BCUT2D eigenvalue weighted by Crippen LogP contribution is 2.05. The molecule has 1 aromatic heterocycles. The summed E-state index contributed by atoms with van der Waals surface area (Å²) in [7, 11) is 0. The molecule has 0 radical (unpaired) electrons. The highest BCUT2D eigenvalue weighted by Gasteiger charge is 2.03. The van der Waals surface area contributed by atoms with E-state index in [9.17, 15) is 9.18 Å². The van der Waals surface area contributed by atoms with Crippen LogP contribution in [-0.2, 0) is 6.67 Å². The number of hydrogen-bond donors (Lipinski definition) is 1. The number of hydrogen-bond acceptors (Lipinski definition) is 2. The monoisotopic (exact) mass is 168 g/mol. The lowest BCUT2D eigenvalue weighted by molar-refractivity contribution is 0.1000. The molecule has 1 aromatic rings. The van der Waals surface area contributed by atoms with Crippen molar-refractivity contribution in [2.24, 2.45) is 5.73 Å². The molecule has 0 saturated heterocycles. The number of amides is 1. The van der Waals surface area contributed by atoms with E-state index in [4.69, 9.17) is 5.73 Å². The summed E-state index contributed by atoms with van der Waals surface area (Å²) in [6.07, 6.45) is 0. The largest absolute Gasteiger partial charge is 0.366 e. The van der Waals surface area contributed by atoms with Crippen LogP contribution in [0.25, 0.3) is 0 Å². The number of rotatable bonds is 2. The molecule has 0 aliphatic rings. The minimum absolute atomic E-state index is 0.240. The van der Waals surface area contributed by atoms with Crippen LogP contribution < -0.4 is 5.73 Å². The third kappa shape index (κ3) is 1.78. The fraction of sp³-hybridized carbons (Fsp3) is 0.250. The molecule has 0 bridgehead atoms. The third-order valence-electron chi connectivity index (χ3n) is 1.43. The first-order chi connectivity index (χ1) is 5.63. The number of alkyl halides is 1. The topological polar surface area (TPSA) is 56.0 Å². The van der Waals surface area contributed by atoms with Crippen LogP contribution in [0.4, 0.5) is 4.39 Å². The first kappa shape index (κ1) is 8.64. The van der Waals surface area contributed by atoms with E-state index in [2.05, 4.69) is 4.98 Å². The van der Waals surface area contributed by atoms with Gasteiger partial charge in [0.2, 0.25) is 5.91 Å². The van der Waals surface area contributed by atoms with Crippen molar-refractivity contribution in [2.45, 2.75) is 13.6 Å². The standard InChI is InChI=1S/C8H9FN2O/c1-5-2-6(8(10)12)3-7(4-9)11-5/h2-3H,4H2,1H3,(H2,10,12). The zero-order chi connectivity index (χ0) is 9.14. The van der Waals surface area contributed by atoms with E-state index in [1.807, 2.05) is 0 Å². The maximum absolute atomic E-state index is 12.1. The van der Waals surface area contributed by atoms with Crippen molar-refractivity contribution in [2.75, 3.05) is 0 Å². The van der Waals surface area contributed by atoms with Gasteiger partial charge in [-0.25, -0.2) is 4.39 Å². The summed E-state index contributed by atoms with van der Waals surface area (Å²) in [5.74, 6) is -0.560. The molecule has 0 aromatic carbocycles. The maximum atomic E-state index is 12.1. The summed E-state index contributed by atoms with van der Waals surface area (Å²) in [5, 5.41) is 0. The van der Waals surface area contributed by atoms with Crippen LogP contribution in [0.15, 0.2) is 12.1 Å². The molecule has 0 fully saturated rings. The number of primary amides is 1. The Bertz CT molecular complexity index is 312. The lowest BCUT2D eigenvalue weighted by Crippen LogP contribution is -2.12. The Labute approximate surface area is 69.4 Å². The van der Waals surface area contributed by atoms with E-state index in [0.717, 1.165) is 0 Å². The molecule has 0 aliphatic heterocycles. The first-order valence-electron chi connectivity index (χ1n) is 3.47. The van der Waals surface area contributed by atoms with Crippen LogP contribution in [-0.4, -0.2) is 10.9 Å². The molecule has 2 N–H and O–H groups in total. The Hall–Kier alpha value is -1.45. The van der Waals surface area contributed by atoms with Gasteiger partial charge in [-0.2, -0.15) is 0 Å². The van der Waals surface area contributed by atoms with Gasteiger partial charge < -0.3 is 5.73 Å². The van der Waals surface area contributed by atoms with Gasteiger partial charge in [0.1, 0.15) is 6.67 Å². The van der Waals surface area contributed by atoms with Crippen molar-refractivity contribution >= 4 is 5.91 Å². The summed E-state index contributed by atoms with van der Waals surface area (Å²) in [6.45, 7) is 1.01. The molecular weight excluding hydrogens is 159 g/mol. The molecule has 0 aliphatic carbocycles. The minimum Gasteiger partial charge on any atom is -0.366 e. The van der Waals surface area contributed by atoms with Crippen molar-refractivity contribution in [3.8, 4) is 0 Å². The summed E-state index contributed by atoms with van der Waals surface area (Å²) in [5.41, 5.74) is 6.15. The molecule has 1 heterocycles. The second-order valence-electron chi connectivity index (χ2n) is 2.49. The number of nitrogens with zero attached hydrogens (tertiary/aromatic N) is 1. The third-order valence-corrected chi connectivity index (χ3v) is 1.43. The van der Waals surface area contributed by atoms with Gasteiger partial charge in [0.25, 0.3) is 0 Å². The average molecular weight is 168 g/mol. The van der Waals surface area contributed by atoms with Crippen molar-refractivity contribution in [3.63, 3.8) is 0 Å². The molecule has 1 amide bonds. The lowest BCUT2D eigenvalue weighted by atomic mass is 10.2. The number of carbonyl (C=O) groups is 1. The van der Waals surface area contributed by atoms with Crippen LogP contribution in [0, 0.1) is 6.92 Å². The molecule has 0 atom stereocenters. The SMILES string of the molecule is Cc1cc(C(N)=O)cc(CF)n1. The molecule has 0 spiro atoms. The second kappa shape index (κ2) is 3.30. The van der Waals surface area contributed by atoms with Crippen LogP contribution in [0.2, 0.25) is 0 Å². The van der Waals surface area contributed by atoms with Gasteiger partial charge in [-0.3, -0.25) is 9.78 Å². The fourth-order valence-corrected chi connectivity index (χ4v) is 0.948. The van der Waals surface area contributed by atoms with E-state index in [1.54, 1.807) is 6.92 Å². The zero-order valence-electron chi connectivity index (χ0n) is 6.67. The average Bonchev–Trinajstić information content (AvgIpc) is 2.03. The van der Waals surface area contributed by atoms with E-state index in [1.165, 1.54) is 12.1 Å². The molecule has 3 nitrogen and oxygen atoms in total. The number of pyridine rings is 1. The van der Waals surface area contributed by atoms with Gasteiger partial charge in [-0.15, -0.1) is 0 Å². The zero-order valence-corrected chi connectivity index (χ0v) is 6.67. The van der Waals surface area contributed by atoms with E-state index < -0.39 is 12.6 Å². The Morgan fingerprint density at radius 2 is 2.33 bits per heavy atom. The Kier molecular flexibility index (Phi) is 2.38. The van der Waals surface area contributed by atoms with Crippen molar-refractivity contribution in [1.82, 2.24) is 4.98 Å². The smallest absolute Gasteiger partial charge is 0.248 e. The number of halogens is 1. The van der Waals surface area contributed by atoms with Gasteiger partial charge in [0.05, 0.1) is 5.69 Å². The van der Waals surface area contributed by atoms with Crippen LogP contribution in [0.3, 0.4) is 0 Å². The molecule has 1 rings (SSSR count). The molecular formula is C8H9FN2O. The lowest BCUT2D eigenvalue weighted by Gasteiger charge is -2.00. The molecule has 4 heteroatoms. The predicted molar refractivity (Wildman–Crippen MR) is 42.3 cm³/mol. The second-order valence-corrected chi connectivity index (χ2v) is 2.49. The van der Waals surface area contributed by atoms with Crippen molar-refractivity contribution in [1.29, 1.82) is 0 Å². The Balaban J connectivity index is 3.15. The van der Waals surface area contributed by atoms with Crippen LogP contribution in [0.5, 0.6) is 0 Å². The number of aromatic nitrogens is 1. The van der Waals surface area contributed by atoms with E-state index in [-0.39, 0.29) is 5.69 Å². The molecule has 0 saturated carbocycles. The van der Waals surface area contributed by atoms with Crippen LogP contribution in [0.1, 0.15) is 21.7 Å². The number of nitrogens with two attached hydrogens (primary N) is 1. The summed E-state index contributed by atoms with van der Waals surface area (Å²) < 4.78 is 12.1. The summed E-state index contributed by atoms with van der Waals surface area (Å²) in [6, 6.07) is 2.89. The molecule has 0 unspecified atom stereocenters. The van der Waals surface area contributed by atoms with Gasteiger partial charge in [-0.05, 0) is 19.1 Å². The van der Waals surface area contributed by atoms with Gasteiger partial charge in [0, 0.05) is 11.3 Å². The first-order valence-corrected chi connectivity index (χ1v) is 3.47. The maximum Gasteiger partial charge on any atom is 0.248 e. The van der Waals surface area contributed by atoms with Crippen LogP contribution >= 0.6 is 0 Å². The number of carbonyl (C=O) groups excluding carboxylic acids is 1. The minimum atomic E-state index is -0.679. The number of aryl methyl sites for hydroxylation is 1. The molecule has 64 valence electrons. The summed E-state index contributed by atoms with van der Waals surface area (Å²) in [4.78, 5) is 14.5. The summed E-state index contributed by atoms with van der Waals surface area (Å²) >= 11 is 0. The highest BCUT2D eigenvalue weighted by molar-refractivity contribution is 5.92.